The molecule has 1 aromatic carbocycles. The second-order valence-corrected chi connectivity index (χ2v) is 7.61. The number of benzene rings is 1. The number of likely N-dealkylation sites (tertiary alicyclic amines) is 1. The van der Waals surface area contributed by atoms with Crippen molar-refractivity contribution in [1.29, 1.82) is 0 Å². The second kappa shape index (κ2) is 10.1. The van der Waals surface area contributed by atoms with Gasteiger partial charge in [-0.2, -0.15) is 0 Å². The van der Waals surface area contributed by atoms with Gasteiger partial charge in [0.15, 0.2) is 0 Å². The summed E-state index contributed by atoms with van der Waals surface area (Å²) in [5.41, 5.74) is 1.16. The van der Waals surface area contributed by atoms with E-state index in [4.69, 9.17) is 16.3 Å². The number of hydrogen-bond acceptors (Lipinski definition) is 3. The van der Waals surface area contributed by atoms with E-state index in [-0.39, 0.29) is 6.03 Å². The van der Waals surface area contributed by atoms with Gasteiger partial charge >= 0.3 is 6.03 Å². The normalized spacial score (nSPS) is 21.1. The van der Waals surface area contributed by atoms with Crippen molar-refractivity contribution in [2.45, 2.75) is 31.6 Å². The number of unbranched alkanes of at least 4 members (excludes halogenated alkanes) is 2. The molecule has 2 amide bonds. The molecule has 0 bridgehead atoms. The summed E-state index contributed by atoms with van der Waals surface area (Å²) in [6.45, 7) is 7.29. The van der Waals surface area contributed by atoms with E-state index in [0.717, 1.165) is 82.3 Å². The number of urea groups is 1. The van der Waals surface area contributed by atoms with Crippen molar-refractivity contribution in [2.24, 2.45) is 0 Å². The average molecular weight is 380 g/mol. The van der Waals surface area contributed by atoms with Crippen LogP contribution in [0.1, 0.15) is 37.2 Å². The van der Waals surface area contributed by atoms with Crippen molar-refractivity contribution >= 4 is 17.6 Å². The highest BCUT2D eigenvalue weighted by atomic mass is 35.5. The highest BCUT2D eigenvalue weighted by Gasteiger charge is 2.28. The van der Waals surface area contributed by atoms with Crippen LogP contribution >= 0.6 is 11.6 Å². The fourth-order valence-corrected chi connectivity index (χ4v) is 4.06. The molecule has 144 valence electrons. The van der Waals surface area contributed by atoms with E-state index in [1.54, 1.807) is 0 Å². The third-order valence-corrected chi connectivity index (χ3v) is 5.70. The van der Waals surface area contributed by atoms with E-state index in [2.05, 4.69) is 16.3 Å². The highest BCUT2D eigenvalue weighted by Crippen LogP contribution is 2.31. The number of carbonyl (C=O) groups is 1. The molecule has 0 radical (unpaired) electrons. The van der Waals surface area contributed by atoms with Crippen molar-refractivity contribution in [3.63, 3.8) is 0 Å². The smallest absolute Gasteiger partial charge is 0.317 e. The Bertz CT molecular complexity index is 578. The first-order valence-electron chi connectivity index (χ1n) is 9.81. The summed E-state index contributed by atoms with van der Waals surface area (Å²) < 4.78 is 5.36. The summed E-state index contributed by atoms with van der Waals surface area (Å²) in [7, 11) is 0. The van der Waals surface area contributed by atoms with Crippen LogP contribution in [0.25, 0.3) is 0 Å². The number of nitrogens with zero attached hydrogens (tertiary/aromatic N) is 2. The SMILES string of the molecule is O=C(NCCCCCN1CCOCC1)N1CC[C@H](c2ccccc2Cl)C1. The van der Waals surface area contributed by atoms with Crippen LogP contribution in [0.5, 0.6) is 0 Å². The molecule has 1 N–H and O–H groups in total. The van der Waals surface area contributed by atoms with Crippen molar-refractivity contribution in [2.75, 3.05) is 52.5 Å². The molecule has 2 fully saturated rings. The Morgan fingerprint density at radius 2 is 1.96 bits per heavy atom. The minimum Gasteiger partial charge on any atom is -0.379 e. The molecule has 2 aliphatic rings. The Hall–Kier alpha value is -1.30. The molecule has 0 saturated carbocycles. The molecule has 26 heavy (non-hydrogen) atoms. The van der Waals surface area contributed by atoms with Crippen LogP contribution in [-0.4, -0.2) is 68.3 Å². The van der Waals surface area contributed by atoms with E-state index in [0.29, 0.717) is 5.92 Å². The minimum atomic E-state index is 0.0627. The van der Waals surface area contributed by atoms with Crippen LogP contribution in [0.4, 0.5) is 4.79 Å². The maximum Gasteiger partial charge on any atom is 0.317 e. The number of carbonyl (C=O) groups excluding carboxylic acids is 1. The van der Waals surface area contributed by atoms with E-state index in [9.17, 15) is 4.79 Å². The first kappa shape index (κ1) is 19.5. The molecule has 5 nitrogen and oxygen atoms in total. The Balaban J connectivity index is 1.29. The Kier molecular flexibility index (Phi) is 7.59. The number of ether oxygens (including phenoxy) is 1. The van der Waals surface area contributed by atoms with Gasteiger partial charge in [-0.25, -0.2) is 4.79 Å². The lowest BCUT2D eigenvalue weighted by Crippen LogP contribution is -2.39. The molecule has 6 heteroatoms. The molecule has 0 unspecified atom stereocenters. The molecule has 2 saturated heterocycles. The van der Waals surface area contributed by atoms with E-state index >= 15 is 0 Å². The molecule has 2 aliphatic heterocycles. The topological polar surface area (TPSA) is 44.8 Å². The van der Waals surface area contributed by atoms with Gasteiger partial charge in [-0.3, -0.25) is 4.90 Å². The van der Waals surface area contributed by atoms with Crippen LogP contribution in [0.2, 0.25) is 5.02 Å². The molecule has 3 rings (SSSR count). The maximum atomic E-state index is 12.3. The average Bonchev–Trinajstić information content (AvgIpc) is 3.15. The van der Waals surface area contributed by atoms with Gasteiger partial charge in [0.25, 0.3) is 0 Å². The largest absolute Gasteiger partial charge is 0.379 e. The predicted octanol–water partition coefficient (Wildman–Crippen LogP) is 3.34. The van der Waals surface area contributed by atoms with Gasteiger partial charge < -0.3 is 15.0 Å². The van der Waals surface area contributed by atoms with Crippen molar-refractivity contribution in [3.8, 4) is 0 Å². The summed E-state index contributed by atoms with van der Waals surface area (Å²) in [6.07, 6.45) is 4.36. The summed E-state index contributed by atoms with van der Waals surface area (Å²) in [4.78, 5) is 16.7. The Labute approximate surface area is 161 Å². The number of morpholine rings is 1. The van der Waals surface area contributed by atoms with E-state index < -0.39 is 0 Å². The number of halogens is 1. The van der Waals surface area contributed by atoms with Gasteiger partial charge in [-0.05, 0) is 37.4 Å². The van der Waals surface area contributed by atoms with Crippen LogP contribution in [-0.2, 0) is 4.74 Å². The van der Waals surface area contributed by atoms with Gasteiger partial charge in [0, 0.05) is 43.7 Å². The molecule has 2 heterocycles. The Morgan fingerprint density at radius 3 is 2.77 bits per heavy atom. The zero-order valence-corrected chi connectivity index (χ0v) is 16.2. The maximum absolute atomic E-state index is 12.3. The quantitative estimate of drug-likeness (QED) is 0.739. The van der Waals surface area contributed by atoms with Crippen LogP contribution in [0, 0.1) is 0 Å². The van der Waals surface area contributed by atoms with Crippen LogP contribution in [0.15, 0.2) is 24.3 Å². The van der Waals surface area contributed by atoms with E-state index in [1.807, 2.05) is 23.1 Å². The van der Waals surface area contributed by atoms with Crippen LogP contribution in [0.3, 0.4) is 0 Å². The van der Waals surface area contributed by atoms with Crippen molar-refractivity contribution < 1.29 is 9.53 Å². The minimum absolute atomic E-state index is 0.0627. The standard InChI is InChI=1S/C20H30ClN3O2/c21-19-7-3-2-6-18(19)17-8-11-24(16-17)20(25)22-9-4-1-5-10-23-12-14-26-15-13-23/h2-3,6-7,17H,1,4-5,8-16H2,(H,22,25)/t17-/m0/s1. The van der Waals surface area contributed by atoms with E-state index in [1.165, 1.54) is 6.42 Å². The second-order valence-electron chi connectivity index (χ2n) is 7.20. The monoisotopic (exact) mass is 379 g/mol. The molecule has 0 aliphatic carbocycles. The number of nitrogens with one attached hydrogen (secondary N) is 1. The van der Waals surface area contributed by atoms with Gasteiger partial charge in [0.1, 0.15) is 0 Å². The van der Waals surface area contributed by atoms with Crippen molar-refractivity contribution in [3.05, 3.63) is 34.9 Å². The molecule has 1 aromatic rings. The third-order valence-electron chi connectivity index (χ3n) is 5.35. The lowest BCUT2D eigenvalue weighted by molar-refractivity contribution is 0.0371. The zero-order valence-electron chi connectivity index (χ0n) is 15.5. The zero-order chi connectivity index (χ0) is 18.2. The van der Waals surface area contributed by atoms with Gasteiger partial charge in [-0.1, -0.05) is 36.2 Å². The summed E-state index contributed by atoms with van der Waals surface area (Å²) in [5, 5.41) is 3.88. The molecule has 0 spiro atoms. The lowest BCUT2D eigenvalue weighted by Gasteiger charge is -2.26. The molecular weight excluding hydrogens is 350 g/mol. The fraction of sp³-hybridized carbons (Fsp3) is 0.650. The summed E-state index contributed by atoms with van der Waals surface area (Å²) in [5.74, 6) is 0.350. The van der Waals surface area contributed by atoms with Crippen molar-refractivity contribution in [1.82, 2.24) is 15.1 Å². The van der Waals surface area contributed by atoms with Gasteiger partial charge in [-0.15, -0.1) is 0 Å². The predicted molar refractivity (Wildman–Crippen MR) is 105 cm³/mol. The molecule has 0 aromatic heterocycles. The summed E-state index contributed by atoms with van der Waals surface area (Å²) in [6, 6.07) is 8.03. The third kappa shape index (κ3) is 5.60. The van der Waals surface area contributed by atoms with Gasteiger partial charge in [0.2, 0.25) is 0 Å². The first-order valence-corrected chi connectivity index (χ1v) is 10.2. The number of rotatable bonds is 7. The lowest BCUT2D eigenvalue weighted by atomic mass is 9.98. The van der Waals surface area contributed by atoms with Gasteiger partial charge in [0.05, 0.1) is 13.2 Å². The fourth-order valence-electron chi connectivity index (χ4n) is 3.77. The highest BCUT2D eigenvalue weighted by molar-refractivity contribution is 6.31. The Morgan fingerprint density at radius 1 is 1.15 bits per heavy atom. The first-order chi connectivity index (χ1) is 12.7. The van der Waals surface area contributed by atoms with Crippen LogP contribution < -0.4 is 5.32 Å². The molecule has 1 atom stereocenters. The number of amides is 2. The number of hydrogen-bond donors (Lipinski definition) is 1. The summed E-state index contributed by atoms with van der Waals surface area (Å²) >= 11 is 6.29. The molecular formula is C20H30ClN3O2.